The molecule has 33 heavy (non-hydrogen) atoms. The molecule has 2 aliphatic rings. The van der Waals surface area contributed by atoms with Crippen LogP contribution in [0.1, 0.15) is 37.3 Å². The molecule has 0 bridgehead atoms. The van der Waals surface area contributed by atoms with Crippen LogP contribution in [0, 0.1) is 6.92 Å². The molecule has 0 aromatic heterocycles. The van der Waals surface area contributed by atoms with Gasteiger partial charge in [0.15, 0.2) is 0 Å². The summed E-state index contributed by atoms with van der Waals surface area (Å²) >= 11 is 0. The molecule has 2 aromatic rings. The number of nitrogens with zero attached hydrogens (tertiary/aromatic N) is 3. The Kier molecular flexibility index (Phi) is 7.02. The van der Waals surface area contributed by atoms with E-state index in [9.17, 15) is 9.59 Å². The number of para-hydroxylation sites is 1. The van der Waals surface area contributed by atoms with Crippen LogP contribution in [-0.4, -0.2) is 61.4 Å². The average Bonchev–Trinajstić information content (AvgIpc) is 3.09. The van der Waals surface area contributed by atoms with Crippen LogP contribution in [0.25, 0.3) is 5.57 Å². The zero-order chi connectivity index (χ0) is 23.4. The number of anilines is 1. The number of carbonyl (C=O) groups is 2. The van der Waals surface area contributed by atoms with Crippen LogP contribution < -0.4 is 9.64 Å². The zero-order valence-electron chi connectivity index (χ0n) is 19.8. The fraction of sp³-hybridized carbons (Fsp3) is 0.407. The number of methoxy groups -OCH3 is 1. The van der Waals surface area contributed by atoms with E-state index in [1.54, 1.807) is 7.11 Å². The molecule has 0 spiro atoms. The minimum absolute atomic E-state index is 0.180. The molecule has 0 saturated carbocycles. The van der Waals surface area contributed by atoms with E-state index >= 15 is 0 Å². The topological polar surface area (TPSA) is 53.1 Å². The van der Waals surface area contributed by atoms with Gasteiger partial charge in [-0.3, -0.25) is 14.5 Å². The van der Waals surface area contributed by atoms with E-state index in [2.05, 4.69) is 47.9 Å². The Morgan fingerprint density at radius 1 is 0.879 bits per heavy atom. The smallest absolute Gasteiger partial charge is 0.277 e. The van der Waals surface area contributed by atoms with Crippen molar-refractivity contribution in [3.63, 3.8) is 0 Å². The van der Waals surface area contributed by atoms with Crippen molar-refractivity contribution in [2.75, 3.05) is 44.7 Å². The van der Waals surface area contributed by atoms with Crippen molar-refractivity contribution in [1.29, 1.82) is 0 Å². The zero-order valence-corrected chi connectivity index (χ0v) is 19.8. The van der Waals surface area contributed by atoms with Crippen LogP contribution in [0.2, 0.25) is 0 Å². The molecule has 0 atom stereocenters. The number of rotatable bonds is 8. The van der Waals surface area contributed by atoms with Crippen molar-refractivity contribution in [3.05, 3.63) is 65.4 Å². The minimum atomic E-state index is -0.211. The molecule has 2 heterocycles. The van der Waals surface area contributed by atoms with Crippen molar-refractivity contribution in [3.8, 4) is 5.75 Å². The first-order valence-corrected chi connectivity index (χ1v) is 11.9. The van der Waals surface area contributed by atoms with Gasteiger partial charge in [-0.25, -0.2) is 0 Å². The van der Waals surface area contributed by atoms with E-state index in [-0.39, 0.29) is 11.8 Å². The first-order chi connectivity index (χ1) is 16.0. The molecular formula is C27H33N3O3. The van der Waals surface area contributed by atoms with Gasteiger partial charge in [-0.15, -0.1) is 0 Å². The lowest BCUT2D eigenvalue weighted by Gasteiger charge is -2.37. The van der Waals surface area contributed by atoms with Crippen LogP contribution in [0.3, 0.4) is 0 Å². The van der Waals surface area contributed by atoms with Gasteiger partial charge in [0.25, 0.3) is 11.8 Å². The Bertz CT molecular complexity index is 1050. The Hall–Kier alpha value is -3.28. The van der Waals surface area contributed by atoms with Crippen LogP contribution in [0.5, 0.6) is 5.75 Å². The summed E-state index contributed by atoms with van der Waals surface area (Å²) in [6, 6.07) is 16.0. The molecular weight excluding hydrogens is 414 g/mol. The second kappa shape index (κ2) is 10.1. The van der Waals surface area contributed by atoms with Gasteiger partial charge >= 0.3 is 0 Å². The van der Waals surface area contributed by atoms with Crippen molar-refractivity contribution in [2.45, 2.75) is 33.1 Å². The highest BCUT2D eigenvalue weighted by atomic mass is 16.5. The molecule has 2 aromatic carbocycles. The van der Waals surface area contributed by atoms with Gasteiger partial charge < -0.3 is 14.5 Å². The molecule has 2 aliphatic heterocycles. The minimum Gasteiger partial charge on any atom is -0.496 e. The summed E-state index contributed by atoms with van der Waals surface area (Å²) < 4.78 is 5.55. The number of amides is 2. The van der Waals surface area contributed by atoms with E-state index in [0.29, 0.717) is 42.2 Å². The maximum Gasteiger partial charge on any atom is 0.277 e. The average molecular weight is 448 g/mol. The van der Waals surface area contributed by atoms with Gasteiger partial charge in [0, 0.05) is 44.0 Å². The van der Waals surface area contributed by atoms with Gasteiger partial charge in [-0.1, -0.05) is 50.1 Å². The number of benzene rings is 2. The highest BCUT2D eigenvalue weighted by Gasteiger charge is 2.42. The van der Waals surface area contributed by atoms with Gasteiger partial charge in [0.05, 0.1) is 12.7 Å². The number of hydrogen-bond acceptors (Lipinski definition) is 5. The summed E-state index contributed by atoms with van der Waals surface area (Å²) in [6.45, 7) is 7.63. The van der Waals surface area contributed by atoms with Crippen LogP contribution in [0.15, 0.2) is 54.2 Å². The summed E-state index contributed by atoms with van der Waals surface area (Å²) in [5.41, 5.74) is 4.11. The molecule has 2 amide bonds. The van der Waals surface area contributed by atoms with E-state index in [4.69, 9.17) is 4.74 Å². The summed E-state index contributed by atoms with van der Waals surface area (Å²) in [5, 5.41) is 0. The monoisotopic (exact) mass is 447 g/mol. The van der Waals surface area contributed by atoms with Crippen LogP contribution in [0.4, 0.5) is 5.69 Å². The number of carbonyl (C=O) groups excluding carboxylic acids is 2. The van der Waals surface area contributed by atoms with E-state index in [1.165, 1.54) is 16.2 Å². The Balaban J connectivity index is 1.64. The molecule has 0 aliphatic carbocycles. The fourth-order valence-electron chi connectivity index (χ4n) is 4.69. The summed E-state index contributed by atoms with van der Waals surface area (Å²) in [6.07, 6.45) is 2.85. The molecule has 0 unspecified atom stereocenters. The molecule has 0 N–H and O–H groups in total. The first kappa shape index (κ1) is 22.9. The highest BCUT2D eigenvalue weighted by Crippen LogP contribution is 2.37. The maximum atomic E-state index is 13.5. The predicted molar refractivity (Wildman–Crippen MR) is 131 cm³/mol. The Morgan fingerprint density at radius 2 is 1.61 bits per heavy atom. The largest absolute Gasteiger partial charge is 0.496 e. The normalized spacial score (nSPS) is 16.8. The van der Waals surface area contributed by atoms with Crippen LogP contribution in [-0.2, 0) is 9.59 Å². The molecule has 174 valence electrons. The van der Waals surface area contributed by atoms with E-state index in [0.717, 1.165) is 32.4 Å². The van der Waals surface area contributed by atoms with Crippen LogP contribution >= 0.6 is 0 Å². The molecule has 6 heteroatoms. The maximum absolute atomic E-state index is 13.5. The van der Waals surface area contributed by atoms with Gasteiger partial charge in [-0.2, -0.15) is 0 Å². The number of unbranched alkanes of at least 4 members (excludes halogenated alkanes) is 2. The Morgan fingerprint density at radius 3 is 2.30 bits per heavy atom. The number of aryl methyl sites for hydroxylation is 1. The molecule has 4 rings (SSSR count). The fourth-order valence-corrected chi connectivity index (χ4v) is 4.69. The molecule has 1 saturated heterocycles. The third-order valence-corrected chi connectivity index (χ3v) is 6.47. The second-order valence-electron chi connectivity index (χ2n) is 8.71. The second-order valence-corrected chi connectivity index (χ2v) is 8.71. The first-order valence-electron chi connectivity index (χ1n) is 11.9. The quantitative estimate of drug-likeness (QED) is 0.451. The number of imide groups is 1. The lowest BCUT2D eigenvalue weighted by molar-refractivity contribution is -0.137. The molecule has 1 fully saturated rings. The summed E-state index contributed by atoms with van der Waals surface area (Å²) in [4.78, 5) is 32.9. The number of ether oxygens (including phenoxy) is 1. The highest BCUT2D eigenvalue weighted by molar-refractivity contribution is 6.36. The third-order valence-electron chi connectivity index (χ3n) is 6.47. The molecule has 6 nitrogen and oxygen atoms in total. The van der Waals surface area contributed by atoms with Crippen molar-refractivity contribution in [2.24, 2.45) is 0 Å². The summed E-state index contributed by atoms with van der Waals surface area (Å²) in [7, 11) is 1.60. The van der Waals surface area contributed by atoms with E-state index < -0.39 is 0 Å². The van der Waals surface area contributed by atoms with E-state index in [1.807, 2.05) is 24.3 Å². The number of hydrogen-bond donors (Lipinski definition) is 0. The van der Waals surface area contributed by atoms with Gasteiger partial charge in [0.2, 0.25) is 0 Å². The van der Waals surface area contributed by atoms with Crippen molar-refractivity contribution in [1.82, 2.24) is 9.80 Å². The SMILES string of the molecule is CCCCCN1C(=O)C(c2ccccc2OC)=C(N2CCN(c3cccc(C)c3)CC2)C1=O. The Labute approximate surface area is 196 Å². The lowest BCUT2D eigenvalue weighted by atomic mass is 10.0. The lowest BCUT2D eigenvalue weighted by Crippen LogP contribution is -2.47. The van der Waals surface area contributed by atoms with Crippen molar-refractivity contribution >= 4 is 23.1 Å². The summed E-state index contributed by atoms with van der Waals surface area (Å²) in [5.74, 6) is 0.220. The molecule has 0 radical (unpaired) electrons. The standard InChI is InChI=1S/C27H33N3O3/c1-4-5-8-14-30-26(31)24(22-12-6-7-13-23(22)33-3)25(27(30)32)29-17-15-28(16-18-29)21-11-9-10-20(2)19-21/h6-7,9-13,19H,4-5,8,14-18H2,1-3H3. The van der Waals surface area contributed by atoms with Gasteiger partial charge in [-0.05, 0) is 37.1 Å². The number of piperazine rings is 1. The predicted octanol–water partition coefficient (Wildman–Crippen LogP) is 4.10. The third kappa shape index (κ3) is 4.61. The van der Waals surface area contributed by atoms with Gasteiger partial charge in [0.1, 0.15) is 11.4 Å². The van der Waals surface area contributed by atoms with Crippen molar-refractivity contribution < 1.29 is 14.3 Å².